The second-order valence-electron chi connectivity index (χ2n) is 5.53. The Labute approximate surface area is 131 Å². The average Bonchev–Trinajstić information content (AvgIpc) is 3.01. The predicted molar refractivity (Wildman–Crippen MR) is 88.1 cm³/mol. The first-order valence-corrected chi connectivity index (χ1v) is 7.92. The molecule has 3 heteroatoms. The van der Waals surface area contributed by atoms with Gasteiger partial charge in [0.25, 0.3) is 0 Å². The van der Waals surface area contributed by atoms with Gasteiger partial charge in [0.05, 0.1) is 6.10 Å². The van der Waals surface area contributed by atoms with Crippen molar-refractivity contribution in [1.29, 1.82) is 0 Å². The molecule has 1 N–H and O–H groups in total. The van der Waals surface area contributed by atoms with E-state index in [1.54, 1.807) is 0 Å². The van der Waals surface area contributed by atoms with E-state index < -0.39 is 0 Å². The van der Waals surface area contributed by atoms with E-state index in [0.29, 0.717) is 6.10 Å². The Morgan fingerprint density at radius 2 is 1.62 bits per heavy atom. The van der Waals surface area contributed by atoms with Crippen molar-refractivity contribution < 1.29 is 4.74 Å². The van der Waals surface area contributed by atoms with E-state index in [0.717, 1.165) is 23.0 Å². The zero-order valence-corrected chi connectivity index (χ0v) is 12.8. The molecule has 0 unspecified atom stereocenters. The summed E-state index contributed by atoms with van der Waals surface area (Å²) < 4.78 is 5.96. The largest absolute Gasteiger partial charge is 0.490 e. The number of halogens is 1. The fraction of sp³-hybridized carbons (Fsp3) is 0.333. The number of nitrogens with one attached hydrogen (secondary N) is 1. The third-order valence-electron chi connectivity index (χ3n) is 3.87. The molecule has 1 aliphatic rings. The van der Waals surface area contributed by atoms with Crippen LogP contribution in [0.4, 0.5) is 5.69 Å². The molecule has 0 radical (unpaired) electrons. The molecular formula is C18H20ClNO. The van der Waals surface area contributed by atoms with Crippen molar-refractivity contribution in [2.75, 3.05) is 5.32 Å². The van der Waals surface area contributed by atoms with Gasteiger partial charge in [-0.2, -0.15) is 0 Å². The normalized spacial score (nSPS) is 15.1. The SMILES string of the molecule is Clc1ccc(CNc2ccc(OC3CCCC3)cc2)cc1. The Kier molecular flexibility index (Phi) is 4.66. The van der Waals surface area contributed by atoms with Gasteiger partial charge in [0.2, 0.25) is 0 Å². The van der Waals surface area contributed by atoms with Crippen molar-refractivity contribution in [3.63, 3.8) is 0 Å². The highest BCUT2D eigenvalue weighted by molar-refractivity contribution is 6.30. The molecule has 1 saturated carbocycles. The maximum Gasteiger partial charge on any atom is 0.119 e. The molecule has 0 aromatic heterocycles. The third kappa shape index (κ3) is 4.15. The van der Waals surface area contributed by atoms with Crippen LogP contribution in [0.25, 0.3) is 0 Å². The van der Waals surface area contributed by atoms with Gasteiger partial charge in [-0.3, -0.25) is 0 Å². The summed E-state index contributed by atoms with van der Waals surface area (Å²) in [5.74, 6) is 0.971. The van der Waals surface area contributed by atoms with E-state index in [1.807, 2.05) is 36.4 Å². The number of anilines is 1. The van der Waals surface area contributed by atoms with Gasteiger partial charge >= 0.3 is 0 Å². The van der Waals surface area contributed by atoms with E-state index >= 15 is 0 Å². The molecule has 0 saturated heterocycles. The van der Waals surface area contributed by atoms with Crippen molar-refractivity contribution in [3.8, 4) is 5.75 Å². The van der Waals surface area contributed by atoms with Crippen LogP contribution < -0.4 is 10.1 Å². The van der Waals surface area contributed by atoms with Gasteiger partial charge in [-0.15, -0.1) is 0 Å². The third-order valence-corrected chi connectivity index (χ3v) is 4.12. The lowest BCUT2D eigenvalue weighted by Gasteiger charge is -2.13. The molecular weight excluding hydrogens is 282 g/mol. The predicted octanol–water partition coefficient (Wildman–Crippen LogP) is 5.27. The smallest absolute Gasteiger partial charge is 0.119 e. The Balaban J connectivity index is 1.52. The summed E-state index contributed by atoms with van der Waals surface area (Å²) in [6, 6.07) is 16.1. The fourth-order valence-electron chi connectivity index (χ4n) is 2.66. The maximum absolute atomic E-state index is 5.96. The topological polar surface area (TPSA) is 21.3 Å². The summed E-state index contributed by atoms with van der Waals surface area (Å²) in [6.45, 7) is 0.792. The van der Waals surface area contributed by atoms with Gasteiger partial charge in [0, 0.05) is 17.3 Å². The lowest BCUT2D eigenvalue weighted by molar-refractivity contribution is 0.210. The number of hydrogen-bond donors (Lipinski definition) is 1. The van der Waals surface area contributed by atoms with Crippen LogP contribution in [-0.2, 0) is 6.54 Å². The monoisotopic (exact) mass is 301 g/mol. The van der Waals surface area contributed by atoms with Crippen LogP contribution in [0.1, 0.15) is 31.2 Å². The van der Waals surface area contributed by atoms with Gasteiger partial charge in [-0.05, 0) is 67.6 Å². The van der Waals surface area contributed by atoms with E-state index in [-0.39, 0.29) is 0 Å². The summed E-state index contributed by atoms with van der Waals surface area (Å²) in [4.78, 5) is 0. The van der Waals surface area contributed by atoms with Crippen LogP contribution in [0.15, 0.2) is 48.5 Å². The Hall–Kier alpha value is -1.67. The Bertz CT molecular complexity index is 559. The quantitative estimate of drug-likeness (QED) is 0.812. The standard InChI is InChI=1S/C18H20ClNO/c19-15-7-5-14(6-8-15)13-20-16-9-11-18(12-10-16)21-17-3-1-2-4-17/h5-12,17,20H,1-4,13H2. The van der Waals surface area contributed by atoms with Crippen molar-refractivity contribution in [1.82, 2.24) is 0 Å². The van der Waals surface area contributed by atoms with Crippen molar-refractivity contribution in [2.45, 2.75) is 38.3 Å². The molecule has 0 amide bonds. The lowest BCUT2D eigenvalue weighted by Crippen LogP contribution is -2.10. The first-order chi connectivity index (χ1) is 10.3. The highest BCUT2D eigenvalue weighted by Crippen LogP contribution is 2.25. The molecule has 2 nitrogen and oxygen atoms in total. The minimum absolute atomic E-state index is 0.415. The summed E-state index contributed by atoms with van der Waals surface area (Å²) in [5, 5.41) is 4.17. The van der Waals surface area contributed by atoms with Crippen molar-refractivity contribution >= 4 is 17.3 Å². The molecule has 0 bridgehead atoms. The molecule has 2 aromatic rings. The fourth-order valence-corrected chi connectivity index (χ4v) is 2.78. The van der Waals surface area contributed by atoms with Gasteiger partial charge < -0.3 is 10.1 Å². The molecule has 110 valence electrons. The molecule has 1 aliphatic carbocycles. The van der Waals surface area contributed by atoms with Crippen LogP contribution in [0.3, 0.4) is 0 Å². The van der Waals surface area contributed by atoms with Crippen molar-refractivity contribution in [3.05, 3.63) is 59.1 Å². The number of benzene rings is 2. The minimum atomic E-state index is 0.415. The minimum Gasteiger partial charge on any atom is -0.490 e. The van der Waals surface area contributed by atoms with Crippen LogP contribution in [-0.4, -0.2) is 6.10 Å². The summed E-state index contributed by atoms with van der Waals surface area (Å²) in [5.41, 5.74) is 2.31. The van der Waals surface area contributed by atoms with Gasteiger partial charge in [0.15, 0.2) is 0 Å². The maximum atomic E-state index is 5.96. The average molecular weight is 302 g/mol. The van der Waals surface area contributed by atoms with Crippen LogP contribution in [0, 0.1) is 0 Å². The van der Waals surface area contributed by atoms with Gasteiger partial charge in [-0.1, -0.05) is 23.7 Å². The van der Waals surface area contributed by atoms with Gasteiger partial charge in [-0.25, -0.2) is 0 Å². The lowest BCUT2D eigenvalue weighted by atomic mass is 10.2. The van der Waals surface area contributed by atoms with Crippen molar-refractivity contribution in [2.24, 2.45) is 0 Å². The zero-order chi connectivity index (χ0) is 14.5. The molecule has 21 heavy (non-hydrogen) atoms. The molecule has 2 aromatic carbocycles. The van der Waals surface area contributed by atoms with Gasteiger partial charge in [0.1, 0.15) is 5.75 Å². The molecule has 0 spiro atoms. The van der Waals surface area contributed by atoms with E-state index in [1.165, 1.54) is 31.2 Å². The molecule has 1 fully saturated rings. The van der Waals surface area contributed by atoms with E-state index in [4.69, 9.17) is 16.3 Å². The summed E-state index contributed by atoms with van der Waals surface area (Å²) in [7, 11) is 0. The second kappa shape index (κ2) is 6.86. The number of rotatable bonds is 5. The summed E-state index contributed by atoms with van der Waals surface area (Å²) >= 11 is 5.88. The molecule has 3 rings (SSSR count). The van der Waals surface area contributed by atoms with E-state index in [9.17, 15) is 0 Å². The molecule has 0 heterocycles. The van der Waals surface area contributed by atoms with Crippen LogP contribution >= 0.6 is 11.6 Å². The summed E-state index contributed by atoms with van der Waals surface area (Å²) in [6.07, 6.45) is 5.39. The highest BCUT2D eigenvalue weighted by atomic mass is 35.5. The number of ether oxygens (including phenoxy) is 1. The van der Waals surface area contributed by atoms with Crippen LogP contribution in [0.5, 0.6) is 5.75 Å². The first-order valence-electron chi connectivity index (χ1n) is 7.55. The van der Waals surface area contributed by atoms with Crippen LogP contribution in [0.2, 0.25) is 5.02 Å². The zero-order valence-electron chi connectivity index (χ0n) is 12.0. The highest BCUT2D eigenvalue weighted by Gasteiger charge is 2.16. The first kappa shape index (κ1) is 14.3. The second-order valence-corrected chi connectivity index (χ2v) is 5.97. The Morgan fingerprint density at radius 1 is 0.952 bits per heavy atom. The molecule has 0 atom stereocenters. The Morgan fingerprint density at radius 3 is 2.29 bits per heavy atom. The number of hydrogen-bond acceptors (Lipinski definition) is 2. The van der Waals surface area contributed by atoms with E-state index in [2.05, 4.69) is 17.4 Å². The molecule has 0 aliphatic heterocycles.